The van der Waals surface area contributed by atoms with Gasteiger partial charge in [-0.05, 0) is 36.2 Å². The second-order valence-corrected chi connectivity index (χ2v) is 6.32. The van der Waals surface area contributed by atoms with E-state index in [1.165, 1.54) is 23.5 Å². The van der Waals surface area contributed by atoms with Crippen LogP contribution >= 0.6 is 11.3 Å². The van der Waals surface area contributed by atoms with Crippen molar-refractivity contribution >= 4 is 38.4 Å². The molecule has 0 atom stereocenters. The maximum absolute atomic E-state index is 12.7. The van der Waals surface area contributed by atoms with Crippen LogP contribution in [0.2, 0.25) is 0 Å². The average Bonchev–Trinajstić information content (AvgIpc) is 2.96. The monoisotopic (exact) mass is 365 g/mol. The maximum Gasteiger partial charge on any atom is 0.416 e. The number of carbonyl (C=O) groups is 1. The number of amides is 2. The molecule has 130 valence electrons. The molecule has 0 aliphatic heterocycles. The van der Waals surface area contributed by atoms with Gasteiger partial charge in [0.2, 0.25) is 0 Å². The first-order valence-electron chi connectivity index (χ1n) is 7.50. The van der Waals surface area contributed by atoms with E-state index in [-0.39, 0.29) is 5.69 Å². The maximum atomic E-state index is 12.7. The Morgan fingerprint density at radius 3 is 2.64 bits per heavy atom. The molecular weight excluding hydrogens is 351 g/mol. The third-order valence-corrected chi connectivity index (χ3v) is 4.49. The highest BCUT2D eigenvalue weighted by Gasteiger charge is 2.30. The van der Waals surface area contributed by atoms with Crippen LogP contribution in [0.4, 0.5) is 28.8 Å². The fraction of sp³-hybridized carbons (Fsp3) is 0.176. The van der Waals surface area contributed by atoms with Gasteiger partial charge >= 0.3 is 12.2 Å². The fourth-order valence-electron chi connectivity index (χ4n) is 2.38. The van der Waals surface area contributed by atoms with Crippen LogP contribution in [0.1, 0.15) is 18.1 Å². The molecule has 3 rings (SSSR count). The lowest BCUT2D eigenvalue weighted by atomic mass is 10.1. The van der Waals surface area contributed by atoms with Crippen LogP contribution in [-0.2, 0) is 12.6 Å². The molecule has 0 saturated heterocycles. The second kappa shape index (κ2) is 6.72. The van der Waals surface area contributed by atoms with Crippen LogP contribution in [0.15, 0.2) is 42.5 Å². The highest BCUT2D eigenvalue weighted by molar-refractivity contribution is 7.22. The van der Waals surface area contributed by atoms with Gasteiger partial charge in [-0.25, -0.2) is 9.78 Å². The molecule has 0 unspecified atom stereocenters. The first-order valence-corrected chi connectivity index (χ1v) is 8.32. The van der Waals surface area contributed by atoms with Crippen LogP contribution in [0, 0.1) is 0 Å². The van der Waals surface area contributed by atoms with Gasteiger partial charge in [0.15, 0.2) is 5.13 Å². The predicted molar refractivity (Wildman–Crippen MR) is 93.1 cm³/mol. The summed E-state index contributed by atoms with van der Waals surface area (Å²) in [5, 5.41) is 5.35. The summed E-state index contributed by atoms with van der Waals surface area (Å²) in [5.74, 6) is 0. The molecule has 0 aliphatic carbocycles. The number of nitrogens with zero attached hydrogens (tertiary/aromatic N) is 1. The number of hydrogen-bond donors (Lipinski definition) is 2. The number of anilines is 2. The van der Waals surface area contributed by atoms with Gasteiger partial charge in [0, 0.05) is 5.69 Å². The average molecular weight is 365 g/mol. The zero-order chi connectivity index (χ0) is 18.0. The van der Waals surface area contributed by atoms with Crippen molar-refractivity contribution in [1.82, 2.24) is 4.98 Å². The molecule has 0 spiro atoms. The van der Waals surface area contributed by atoms with E-state index in [1.807, 2.05) is 25.1 Å². The number of nitrogens with one attached hydrogen (secondary N) is 2. The number of halogens is 3. The summed E-state index contributed by atoms with van der Waals surface area (Å²) in [7, 11) is 0. The number of carbonyl (C=O) groups excluding carboxylic acids is 1. The van der Waals surface area contributed by atoms with Gasteiger partial charge in [-0.3, -0.25) is 5.32 Å². The van der Waals surface area contributed by atoms with Crippen molar-refractivity contribution in [3.63, 3.8) is 0 Å². The summed E-state index contributed by atoms with van der Waals surface area (Å²) in [6.07, 6.45) is -3.64. The zero-order valence-electron chi connectivity index (χ0n) is 13.1. The second-order valence-electron chi connectivity index (χ2n) is 5.29. The largest absolute Gasteiger partial charge is 0.416 e. The van der Waals surface area contributed by atoms with Gasteiger partial charge in [-0.2, -0.15) is 13.2 Å². The van der Waals surface area contributed by atoms with Crippen molar-refractivity contribution in [2.75, 3.05) is 10.6 Å². The van der Waals surface area contributed by atoms with E-state index in [0.717, 1.165) is 34.3 Å². The van der Waals surface area contributed by atoms with E-state index in [1.54, 1.807) is 0 Å². The summed E-state index contributed by atoms with van der Waals surface area (Å²) in [5.41, 5.74) is 1.13. The lowest BCUT2D eigenvalue weighted by molar-refractivity contribution is -0.137. The standard InChI is InChI=1S/C17H14F3N3OS/c1-2-10-5-3-8-13-14(10)22-16(25-13)23-15(24)21-12-7-4-6-11(9-12)17(18,19)20/h3-9H,2H2,1H3,(H2,21,22,23,24). The minimum Gasteiger partial charge on any atom is -0.308 e. The van der Waals surface area contributed by atoms with Crippen molar-refractivity contribution in [2.45, 2.75) is 19.5 Å². The van der Waals surface area contributed by atoms with Gasteiger partial charge in [0.1, 0.15) is 0 Å². The Labute approximate surface area is 145 Å². The minimum absolute atomic E-state index is 0.0580. The quantitative estimate of drug-likeness (QED) is 0.642. The molecule has 0 radical (unpaired) electrons. The predicted octanol–water partition coefficient (Wildman–Crippen LogP) is 5.52. The summed E-state index contributed by atoms with van der Waals surface area (Å²) < 4.78 is 39.1. The Kier molecular flexibility index (Phi) is 4.63. The van der Waals surface area contributed by atoms with Crippen LogP contribution in [-0.4, -0.2) is 11.0 Å². The molecule has 1 aromatic heterocycles. The minimum atomic E-state index is -4.46. The molecule has 0 saturated carbocycles. The number of para-hydroxylation sites is 1. The number of alkyl halides is 3. The SMILES string of the molecule is CCc1cccc2sc(NC(=O)Nc3cccc(C(F)(F)F)c3)nc12. The van der Waals surface area contributed by atoms with E-state index in [0.29, 0.717) is 5.13 Å². The molecule has 2 aromatic carbocycles. The summed E-state index contributed by atoms with van der Waals surface area (Å²) in [6, 6.07) is 9.61. The van der Waals surface area contributed by atoms with E-state index < -0.39 is 17.8 Å². The van der Waals surface area contributed by atoms with Crippen LogP contribution < -0.4 is 10.6 Å². The summed E-state index contributed by atoms with van der Waals surface area (Å²) in [6.45, 7) is 2.02. The molecule has 2 N–H and O–H groups in total. The topological polar surface area (TPSA) is 54.0 Å². The number of rotatable bonds is 3. The van der Waals surface area contributed by atoms with E-state index >= 15 is 0 Å². The molecule has 25 heavy (non-hydrogen) atoms. The molecule has 0 fully saturated rings. The van der Waals surface area contributed by atoms with Gasteiger partial charge in [-0.15, -0.1) is 0 Å². The van der Waals surface area contributed by atoms with Crippen molar-refractivity contribution < 1.29 is 18.0 Å². The zero-order valence-corrected chi connectivity index (χ0v) is 14.0. The molecule has 4 nitrogen and oxygen atoms in total. The third kappa shape index (κ3) is 3.90. The molecule has 0 bridgehead atoms. The Morgan fingerprint density at radius 1 is 1.16 bits per heavy atom. The first-order chi connectivity index (χ1) is 11.9. The first kappa shape index (κ1) is 17.2. The van der Waals surface area contributed by atoms with Crippen molar-refractivity contribution in [3.05, 3.63) is 53.6 Å². The van der Waals surface area contributed by atoms with Gasteiger partial charge in [0.25, 0.3) is 0 Å². The Morgan fingerprint density at radius 2 is 1.92 bits per heavy atom. The van der Waals surface area contributed by atoms with Crippen molar-refractivity contribution in [1.29, 1.82) is 0 Å². The number of hydrogen-bond acceptors (Lipinski definition) is 3. The Hall–Kier alpha value is -2.61. The summed E-state index contributed by atoms with van der Waals surface area (Å²) in [4.78, 5) is 16.4. The number of fused-ring (bicyclic) bond motifs is 1. The van der Waals surface area contributed by atoms with E-state index in [2.05, 4.69) is 15.6 Å². The van der Waals surface area contributed by atoms with Gasteiger partial charge in [0.05, 0.1) is 15.8 Å². The molecule has 2 amide bonds. The lowest BCUT2D eigenvalue weighted by Crippen LogP contribution is -2.19. The lowest BCUT2D eigenvalue weighted by Gasteiger charge is -2.09. The number of urea groups is 1. The molecule has 0 aliphatic rings. The number of aromatic nitrogens is 1. The highest BCUT2D eigenvalue weighted by Crippen LogP contribution is 2.31. The van der Waals surface area contributed by atoms with Crippen LogP contribution in [0.25, 0.3) is 10.2 Å². The fourth-order valence-corrected chi connectivity index (χ4v) is 3.29. The third-order valence-electron chi connectivity index (χ3n) is 3.55. The van der Waals surface area contributed by atoms with Crippen LogP contribution in [0.5, 0.6) is 0 Å². The van der Waals surface area contributed by atoms with Gasteiger partial charge in [-0.1, -0.05) is 36.5 Å². The molecule has 1 heterocycles. The smallest absolute Gasteiger partial charge is 0.308 e. The van der Waals surface area contributed by atoms with Crippen LogP contribution in [0.3, 0.4) is 0 Å². The summed E-state index contributed by atoms with van der Waals surface area (Å²) >= 11 is 1.31. The molecule has 3 aromatic rings. The van der Waals surface area contributed by atoms with Crippen molar-refractivity contribution in [3.8, 4) is 0 Å². The Bertz CT molecular complexity index is 921. The normalized spacial score (nSPS) is 11.5. The molecular formula is C17H14F3N3OS. The number of aryl methyl sites for hydroxylation is 1. The molecule has 8 heteroatoms. The Balaban J connectivity index is 1.75. The highest BCUT2D eigenvalue weighted by atomic mass is 32.1. The van der Waals surface area contributed by atoms with Gasteiger partial charge < -0.3 is 5.32 Å². The number of thiazole rings is 1. The van der Waals surface area contributed by atoms with E-state index in [9.17, 15) is 18.0 Å². The van der Waals surface area contributed by atoms with Crippen molar-refractivity contribution in [2.24, 2.45) is 0 Å². The van der Waals surface area contributed by atoms with E-state index in [4.69, 9.17) is 0 Å². The number of benzene rings is 2.